The number of hydrogen-bond donors (Lipinski definition) is 1. The van der Waals surface area contributed by atoms with Crippen molar-refractivity contribution in [2.24, 2.45) is 5.92 Å². The molecule has 1 fully saturated rings. The highest BCUT2D eigenvalue weighted by Gasteiger charge is 2.26. The lowest BCUT2D eigenvalue weighted by molar-refractivity contribution is 0.0275. The Hall–Kier alpha value is -0.130. The Morgan fingerprint density at radius 3 is 2.67 bits per heavy atom. The van der Waals surface area contributed by atoms with E-state index in [0.717, 1.165) is 25.9 Å². The monoisotopic (exact) mass is 235 g/mol. The Kier molecular flexibility index (Phi) is 4.55. The van der Waals surface area contributed by atoms with Crippen LogP contribution in [0.1, 0.15) is 19.8 Å². The maximum absolute atomic E-state index is 11.0. The van der Waals surface area contributed by atoms with Crippen molar-refractivity contribution in [2.45, 2.75) is 25.9 Å². The Bertz CT molecular complexity index is 289. The van der Waals surface area contributed by atoms with Crippen molar-refractivity contribution >= 4 is 9.84 Å². The molecule has 0 aliphatic carbocycles. The summed E-state index contributed by atoms with van der Waals surface area (Å²) in [7, 11) is -2.87. The fraction of sp³-hybridized carbons (Fsp3) is 1.00. The summed E-state index contributed by atoms with van der Waals surface area (Å²) < 4.78 is 22.0. The van der Waals surface area contributed by atoms with Gasteiger partial charge >= 0.3 is 0 Å². The van der Waals surface area contributed by atoms with E-state index < -0.39 is 9.84 Å². The first-order valence-electron chi connectivity index (χ1n) is 5.50. The fourth-order valence-corrected chi connectivity index (χ4v) is 2.58. The molecular weight excluding hydrogens is 214 g/mol. The molecule has 0 aromatic rings. The third-order valence-corrected chi connectivity index (χ3v) is 4.00. The lowest BCUT2D eigenvalue weighted by Gasteiger charge is -2.35. The minimum Gasteiger partial charge on any atom is -0.393 e. The minimum absolute atomic E-state index is 0.204. The molecule has 4 nitrogen and oxygen atoms in total. The summed E-state index contributed by atoms with van der Waals surface area (Å²) in [6, 6.07) is 0. The molecule has 90 valence electrons. The van der Waals surface area contributed by atoms with E-state index in [-0.39, 0.29) is 11.9 Å². The van der Waals surface area contributed by atoms with Crippen LogP contribution in [0.25, 0.3) is 0 Å². The predicted octanol–water partition coefficient (Wildman–Crippen LogP) is 0.124. The average molecular weight is 235 g/mol. The summed E-state index contributed by atoms with van der Waals surface area (Å²) in [6.07, 6.45) is 2.78. The smallest absolute Gasteiger partial charge is 0.148 e. The van der Waals surface area contributed by atoms with Gasteiger partial charge in [0.25, 0.3) is 0 Å². The molecule has 1 aliphatic heterocycles. The van der Waals surface area contributed by atoms with Gasteiger partial charge in [-0.3, -0.25) is 0 Å². The number of piperidine rings is 1. The number of nitrogens with zero attached hydrogens (tertiary/aromatic N) is 1. The van der Waals surface area contributed by atoms with E-state index in [0.29, 0.717) is 12.5 Å². The maximum atomic E-state index is 11.0. The first-order chi connectivity index (χ1) is 6.92. The zero-order chi connectivity index (χ0) is 11.5. The molecule has 1 aliphatic rings. The van der Waals surface area contributed by atoms with Crippen LogP contribution in [0.3, 0.4) is 0 Å². The van der Waals surface area contributed by atoms with Crippen LogP contribution < -0.4 is 0 Å². The van der Waals surface area contributed by atoms with Crippen LogP contribution in [-0.2, 0) is 9.84 Å². The SMILES string of the molecule is CCC1CN(CCS(C)(=O)=O)CCC1O. The third-order valence-electron chi connectivity index (χ3n) is 3.08. The first kappa shape index (κ1) is 12.9. The largest absolute Gasteiger partial charge is 0.393 e. The highest BCUT2D eigenvalue weighted by molar-refractivity contribution is 7.90. The van der Waals surface area contributed by atoms with Crippen molar-refractivity contribution in [3.8, 4) is 0 Å². The average Bonchev–Trinajstić information content (AvgIpc) is 2.15. The zero-order valence-electron chi connectivity index (χ0n) is 9.52. The second-order valence-electron chi connectivity index (χ2n) is 4.45. The van der Waals surface area contributed by atoms with Crippen molar-refractivity contribution in [1.29, 1.82) is 0 Å². The van der Waals surface area contributed by atoms with Crippen molar-refractivity contribution in [1.82, 2.24) is 4.90 Å². The van der Waals surface area contributed by atoms with Crippen LogP contribution >= 0.6 is 0 Å². The van der Waals surface area contributed by atoms with E-state index in [1.807, 2.05) is 0 Å². The van der Waals surface area contributed by atoms with Gasteiger partial charge in [0, 0.05) is 25.9 Å². The molecule has 0 spiro atoms. The summed E-state index contributed by atoms with van der Waals surface area (Å²) in [5.41, 5.74) is 0. The highest BCUT2D eigenvalue weighted by atomic mass is 32.2. The topological polar surface area (TPSA) is 57.6 Å². The number of sulfone groups is 1. The molecule has 1 saturated heterocycles. The summed E-state index contributed by atoms with van der Waals surface area (Å²) >= 11 is 0. The minimum atomic E-state index is -2.87. The van der Waals surface area contributed by atoms with E-state index in [1.165, 1.54) is 6.26 Å². The van der Waals surface area contributed by atoms with Crippen LogP contribution in [0.5, 0.6) is 0 Å². The number of aliphatic hydroxyl groups excluding tert-OH is 1. The fourth-order valence-electron chi connectivity index (χ4n) is 1.99. The van der Waals surface area contributed by atoms with Crippen LogP contribution in [0.4, 0.5) is 0 Å². The van der Waals surface area contributed by atoms with Gasteiger partial charge in [0.05, 0.1) is 11.9 Å². The van der Waals surface area contributed by atoms with Gasteiger partial charge in [-0.2, -0.15) is 0 Å². The molecule has 0 aromatic heterocycles. The molecule has 15 heavy (non-hydrogen) atoms. The molecular formula is C10H21NO3S. The van der Waals surface area contributed by atoms with Gasteiger partial charge < -0.3 is 10.0 Å². The van der Waals surface area contributed by atoms with E-state index in [2.05, 4.69) is 11.8 Å². The van der Waals surface area contributed by atoms with Crippen LogP contribution in [0, 0.1) is 5.92 Å². The summed E-state index contributed by atoms with van der Waals surface area (Å²) in [6.45, 7) is 4.30. The lowest BCUT2D eigenvalue weighted by atomic mass is 9.92. The molecule has 1 N–H and O–H groups in total. The number of rotatable bonds is 4. The maximum Gasteiger partial charge on any atom is 0.148 e. The molecule has 0 amide bonds. The van der Waals surface area contributed by atoms with Gasteiger partial charge in [-0.1, -0.05) is 6.92 Å². The van der Waals surface area contributed by atoms with E-state index in [1.54, 1.807) is 0 Å². The Balaban J connectivity index is 2.38. The normalized spacial score (nSPS) is 29.3. The Labute approximate surface area is 92.2 Å². The van der Waals surface area contributed by atoms with E-state index in [4.69, 9.17) is 0 Å². The second kappa shape index (κ2) is 5.27. The van der Waals surface area contributed by atoms with Crippen LogP contribution in [0.15, 0.2) is 0 Å². The molecule has 2 atom stereocenters. The molecule has 0 bridgehead atoms. The van der Waals surface area contributed by atoms with Crippen molar-refractivity contribution < 1.29 is 13.5 Å². The van der Waals surface area contributed by atoms with Gasteiger partial charge in [-0.15, -0.1) is 0 Å². The Morgan fingerprint density at radius 1 is 1.47 bits per heavy atom. The van der Waals surface area contributed by atoms with Gasteiger partial charge in [0.1, 0.15) is 9.84 Å². The van der Waals surface area contributed by atoms with Crippen LogP contribution in [-0.4, -0.2) is 56.2 Å². The summed E-state index contributed by atoms with van der Waals surface area (Å²) in [4.78, 5) is 2.14. The van der Waals surface area contributed by atoms with Gasteiger partial charge in [0.2, 0.25) is 0 Å². The molecule has 1 heterocycles. The Morgan fingerprint density at radius 2 is 2.13 bits per heavy atom. The first-order valence-corrected chi connectivity index (χ1v) is 7.56. The van der Waals surface area contributed by atoms with Gasteiger partial charge in [0.15, 0.2) is 0 Å². The lowest BCUT2D eigenvalue weighted by Crippen LogP contribution is -2.44. The standard InChI is InChI=1S/C10H21NO3S/c1-3-9-8-11(5-4-10(9)12)6-7-15(2,13)14/h9-10,12H,3-8H2,1-2H3. The molecule has 2 unspecified atom stereocenters. The third kappa shape index (κ3) is 4.49. The van der Waals surface area contributed by atoms with Gasteiger partial charge in [-0.25, -0.2) is 8.42 Å². The quantitative estimate of drug-likeness (QED) is 0.752. The van der Waals surface area contributed by atoms with Crippen LogP contribution in [0.2, 0.25) is 0 Å². The number of aliphatic hydroxyl groups is 1. The van der Waals surface area contributed by atoms with Crippen molar-refractivity contribution in [2.75, 3.05) is 31.6 Å². The molecule has 0 saturated carbocycles. The molecule has 0 radical (unpaired) electrons. The van der Waals surface area contributed by atoms with Gasteiger partial charge in [-0.05, 0) is 18.8 Å². The van der Waals surface area contributed by atoms with Crippen molar-refractivity contribution in [3.63, 3.8) is 0 Å². The molecule has 5 heteroatoms. The number of likely N-dealkylation sites (tertiary alicyclic amines) is 1. The summed E-state index contributed by atoms with van der Waals surface area (Å²) in [5.74, 6) is 0.526. The predicted molar refractivity (Wildman–Crippen MR) is 60.6 cm³/mol. The number of hydrogen-bond acceptors (Lipinski definition) is 4. The second-order valence-corrected chi connectivity index (χ2v) is 6.71. The highest BCUT2D eigenvalue weighted by Crippen LogP contribution is 2.19. The summed E-state index contributed by atoms with van der Waals surface area (Å²) in [5, 5.41) is 9.67. The van der Waals surface area contributed by atoms with E-state index in [9.17, 15) is 13.5 Å². The van der Waals surface area contributed by atoms with Crippen molar-refractivity contribution in [3.05, 3.63) is 0 Å². The zero-order valence-corrected chi connectivity index (χ0v) is 10.3. The molecule has 1 rings (SSSR count). The molecule has 0 aromatic carbocycles. The van der Waals surface area contributed by atoms with E-state index >= 15 is 0 Å².